The summed E-state index contributed by atoms with van der Waals surface area (Å²) < 4.78 is 27.7. The van der Waals surface area contributed by atoms with E-state index in [2.05, 4.69) is 4.72 Å². The van der Waals surface area contributed by atoms with Crippen molar-refractivity contribution in [3.05, 3.63) is 60.2 Å². The molecule has 28 heavy (non-hydrogen) atoms. The third-order valence-electron chi connectivity index (χ3n) is 5.06. The average Bonchev–Trinajstić information content (AvgIpc) is 3.17. The molecule has 1 heterocycles. The minimum atomic E-state index is -3.55. The van der Waals surface area contributed by atoms with Gasteiger partial charge in [0.05, 0.1) is 11.3 Å². The van der Waals surface area contributed by atoms with E-state index in [0.29, 0.717) is 26.1 Å². The lowest BCUT2D eigenvalue weighted by atomic mass is 10.1. The normalized spacial score (nSPS) is 16.9. The van der Waals surface area contributed by atoms with E-state index in [1.807, 2.05) is 54.2 Å². The molecule has 1 unspecified atom stereocenters. The first-order valence-corrected chi connectivity index (χ1v) is 10.9. The Bertz CT molecular complexity index is 896. The second-order valence-corrected chi connectivity index (χ2v) is 9.16. The number of carbonyl (C=O) groups is 1. The predicted octanol–water partition coefficient (Wildman–Crippen LogP) is 2.12. The molecule has 0 aliphatic carbocycles. The van der Waals surface area contributed by atoms with Gasteiger partial charge >= 0.3 is 0 Å². The third-order valence-corrected chi connectivity index (χ3v) is 6.50. The molecule has 1 amide bonds. The Kier molecular flexibility index (Phi) is 6.36. The molecule has 0 radical (unpaired) electrons. The van der Waals surface area contributed by atoms with Crippen LogP contribution in [0.5, 0.6) is 0 Å². The van der Waals surface area contributed by atoms with Gasteiger partial charge in [0.15, 0.2) is 0 Å². The maximum Gasteiger partial charge on any atom is 0.240 e. The standard InChI is InChI=1S/C21H27N3O3S/c1-23(2)19-8-10-20(11-9-19)28(26,27)22-15-18-12-13-24(16-18)21(25)14-17-6-4-3-5-7-17/h3-11,18,22H,12-16H2,1-2H3. The molecule has 150 valence electrons. The first kappa shape index (κ1) is 20.4. The van der Waals surface area contributed by atoms with Crippen LogP contribution in [0, 0.1) is 5.92 Å². The molecule has 0 saturated carbocycles. The lowest BCUT2D eigenvalue weighted by Gasteiger charge is -2.17. The lowest BCUT2D eigenvalue weighted by Crippen LogP contribution is -2.33. The van der Waals surface area contributed by atoms with Gasteiger partial charge < -0.3 is 9.80 Å². The molecular weight excluding hydrogens is 374 g/mol. The topological polar surface area (TPSA) is 69.7 Å². The van der Waals surface area contributed by atoms with Crippen LogP contribution >= 0.6 is 0 Å². The SMILES string of the molecule is CN(C)c1ccc(S(=O)(=O)NCC2CCN(C(=O)Cc3ccccc3)C2)cc1. The summed E-state index contributed by atoms with van der Waals surface area (Å²) in [5.74, 6) is 0.228. The molecular formula is C21H27N3O3S. The van der Waals surface area contributed by atoms with Crippen molar-refractivity contribution in [1.82, 2.24) is 9.62 Å². The summed E-state index contributed by atoms with van der Waals surface area (Å²) in [6, 6.07) is 16.5. The van der Waals surface area contributed by atoms with Gasteiger partial charge in [-0.15, -0.1) is 0 Å². The maximum atomic E-state index is 12.5. The van der Waals surface area contributed by atoms with Crippen molar-refractivity contribution in [3.8, 4) is 0 Å². The van der Waals surface area contributed by atoms with Crippen molar-refractivity contribution in [1.29, 1.82) is 0 Å². The molecule has 1 aliphatic rings. The first-order chi connectivity index (χ1) is 13.3. The summed E-state index contributed by atoms with van der Waals surface area (Å²) in [6.07, 6.45) is 1.19. The summed E-state index contributed by atoms with van der Waals surface area (Å²) in [5.41, 5.74) is 1.94. The third kappa shape index (κ3) is 5.11. The van der Waals surface area contributed by atoms with Crippen molar-refractivity contribution < 1.29 is 13.2 Å². The number of amides is 1. The van der Waals surface area contributed by atoms with Gasteiger partial charge in [-0.25, -0.2) is 13.1 Å². The highest BCUT2D eigenvalue weighted by molar-refractivity contribution is 7.89. The van der Waals surface area contributed by atoms with Crippen LogP contribution in [0.2, 0.25) is 0 Å². The second kappa shape index (κ2) is 8.75. The van der Waals surface area contributed by atoms with Crippen LogP contribution in [0.25, 0.3) is 0 Å². The minimum absolute atomic E-state index is 0.0934. The Balaban J connectivity index is 1.51. The molecule has 2 aromatic carbocycles. The number of nitrogens with one attached hydrogen (secondary N) is 1. The van der Waals surface area contributed by atoms with Crippen molar-refractivity contribution >= 4 is 21.6 Å². The van der Waals surface area contributed by atoms with E-state index in [1.165, 1.54) is 0 Å². The second-order valence-electron chi connectivity index (χ2n) is 7.40. The molecule has 0 aromatic heterocycles. The number of rotatable bonds is 7. The quantitative estimate of drug-likeness (QED) is 0.772. The molecule has 2 aromatic rings. The zero-order valence-corrected chi connectivity index (χ0v) is 17.2. The molecule has 6 nitrogen and oxygen atoms in total. The van der Waals surface area contributed by atoms with Crippen LogP contribution < -0.4 is 9.62 Å². The summed E-state index contributed by atoms with van der Waals surface area (Å²) in [5, 5.41) is 0. The number of hydrogen-bond acceptors (Lipinski definition) is 4. The molecule has 1 fully saturated rings. The maximum absolute atomic E-state index is 12.5. The first-order valence-electron chi connectivity index (χ1n) is 9.44. The highest BCUT2D eigenvalue weighted by atomic mass is 32.2. The average molecular weight is 402 g/mol. The van der Waals surface area contributed by atoms with E-state index in [9.17, 15) is 13.2 Å². The van der Waals surface area contributed by atoms with Crippen molar-refractivity contribution in [3.63, 3.8) is 0 Å². The summed E-state index contributed by atoms with van der Waals surface area (Å²) in [4.78, 5) is 16.5. The zero-order valence-electron chi connectivity index (χ0n) is 16.3. The van der Waals surface area contributed by atoms with Gasteiger partial charge in [0, 0.05) is 39.4 Å². The number of benzene rings is 2. The smallest absolute Gasteiger partial charge is 0.240 e. The van der Waals surface area contributed by atoms with Crippen LogP contribution in [0.1, 0.15) is 12.0 Å². The van der Waals surface area contributed by atoms with Gasteiger partial charge in [-0.1, -0.05) is 30.3 Å². The number of carbonyl (C=O) groups excluding carboxylic acids is 1. The molecule has 1 saturated heterocycles. The van der Waals surface area contributed by atoms with E-state index in [4.69, 9.17) is 0 Å². The summed E-state index contributed by atoms with van der Waals surface area (Å²) in [6.45, 7) is 1.61. The van der Waals surface area contributed by atoms with Crippen LogP contribution in [-0.4, -0.2) is 53.0 Å². The number of likely N-dealkylation sites (tertiary alicyclic amines) is 1. The Morgan fingerprint density at radius 2 is 1.79 bits per heavy atom. The number of anilines is 1. The van der Waals surface area contributed by atoms with Crippen LogP contribution in [0.3, 0.4) is 0 Å². The van der Waals surface area contributed by atoms with E-state index < -0.39 is 10.0 Å². The Hall–Kier alpha value is -2.38. The highest BCUT2D eigenvalue weighted by Gasteiger charge is 2.27. The molecule has 0 bridgehead atoms. The van der Waals surface area contributed by atoms with Gasteiger partial charge in [0.25, 0.3) is 0 Å². The fraction of sp³-hybridized carbons (Fsp3) is 0.381. The molecule has 3 rings (SSSR count). The lowest BCUT2D eigenvalue weighted by molar-refractivity contribution is -0.129. The van der Waals surface area contributed by atoms with E-state index >= 15 is 0 Å². The van der Waals surface area contributed by atoms with Crippen LogP contribution in [0.15, 0.2) is 59.5 Å². The van der Waals surface area contributed by atoms with Crippen LogP contribution in [0.4, 0.5) is 5.69 Å². The molecule has 1 aliphatic heterocycles. The number of hydrogen-bond donors (Lipinski definition) is 1. The van der Waals surface area contributed by atoms with Gasteiger partial charge in [-0.05, 0) is 42.2 Å². The predicted molar refractivity (Wildman–Crippen MR) is 111 cm³/mol. The molecule has 1 N–H and O–H groups in total. The van der Waals surface area contributed by atoms with Gasteiger partial charge in [-0.2, -0.15) is 0 Å². The highest BCUT2D eigenvalue weighted by Crippen LogP contribution is 2.19. The van der Waals surface area contributed by atoms with E-state index in [-0.39, 0.29) is 16.7 Å². The van der Waals surface area contributed by atoms with E-state index in [0.717, 1.165) is 17.7 Å². The number of nitrogens with zero attached hydrogens (tertiary/aromatic N) is 2. The summed E-state index contributed by atoms with van der Waals surface area (Å²) in [7, 11) is 0.270. The zero-order chi connectivity index (χ0) is 20.1. The molecule has 0 spiro atoms. The van der Waals surface area contributed by atoms with E-state index in [1.54, 1.807) is 24.3 Å². The van der Waals surface area contributed by atoms with Crippen molar-refractivity contribution in [2.24, 2.45) is 5.92 Å². The van der Waals surface area contributed by atoms with Crippen molar-refractivity contribution in [2.75, 3.05) is 38.6 Å². The molecule has 1 atom stereocenters. The fourth-order valence-electron chi connectivity index (χ4n) is 3.34. The largest absolute Gasteiger partial charge is 0.378 e. The summed E-state index contributed by atoms with van der Waals surface area (Å²) >= 11 is 0. The van der Waals surface area contributed by atoms with Gasteiger partial charge in [0.2, 0.25) is 15.9 Å². The Morgan fingerprint density at radius 3 is 2.43 bits per heavy atom. The fourth-order valence-corrected chi connectivity index (χ4v) is 4.46. The van der Waals surface area contributed by atoms with Crippen LogP contribution in [-0.2, 0) is 21.2 Å². The Labute approximate surface area is 167 Å². The number of sulfonamides is 1. The Morgan fingerprint density at radius 1 is 1.11 bits per heavy atom. The van der Waals surface area contributed by atoms with Gasteiger partial charge in [-0.3, -0.25) is 4.79 Å². The van der Waals surface area contributed by atoms with Gasteiger partial charge in [0.1, 0.15) is 0 Å². The molecule has 7 heteroatoms. The monoisotopic (exact) mass is 401 g/mol. The van der Waals surface area contributed by atoms with Crippen molar-refractivity contribution in [2.45, 2.75) is 17.7 Å². The minimum Gasteiger partial charge on any atom is -0.378 e.